The van der Waals surface area contributed by atoms with E-state index in [2.05, 4.69) is 15.6 Å². The largest absolute Gasteiger partial charge is 0.338 e. The Morgan fingerprint density at radius 2 is 1.73 bits per heavy atom. The van der Waals surface area contributed by atoms with Crippen LogP contribution in [0.3, 0.4) is 0 Å². The highest BCUT2D eigenvalue weighted by Crippen LogP contribution is 2.21. The number of benzene rings is 2. The zero-order valence-electron chi connectivity index (χ0n) is 14.6. The molecule has 2 aromatic carbocycles. The van der Waals surface area contributed by atoms with Gasteiger partial charge in [-0.05, 0) is 29.8 Å². The van der Waals surface area contributed by atoms with Crippen LogP contribution in [0.4, 0.5) is 5.69 Å². The predicted octanol–water partition coefficient (Wildman–Crippen LogP) is 2.90. The highest BCUT2D eigenvalue weighted by Gasteiger charge is 2.21. The van der Waals surface area contributed by atoms with Crippen LogP contribution in [0, 0.1) is 0 Å². The molecule has 0 aliphatic heterocycles. The Balaban J connectivity index is 1.84. The van der Waals surface area contributed by atoms with Gasteiger partial charge < -0.3 is 15.2 Å². The first-order chi connectivity index (χ1) is 12.5. The van der Waals surface area contributed by atoms with Crippen molar-refractivity contribution in [1.29, 1.82) is 0 Å². The van der Waals surface area contributed by atoms with E-state index >= 15 is 0 Å². The average Bonchev–Trinajstić information content (AvgIpc) is 3.06. The molecule has 0 aliphatic rings. The zero-order valence-corrected chi connectivity index (χ0v) is 14.6. The maximum atomic E-state index is 12.7. The molecule has 0 aliphatic carbocycles. The van der Waals surface area contributed by atoms with Crippen LogP contribution in [-0.4, -0.2) is 21.4 Å². The van der Waals surface area contributed by atoms with Gasteiger partial charge in [-0.1, -0.05) is 30.3 Å². The van der Waals surface area contributed by atoms with Gasteiger partial charge in [0.25, 0.3) is 5.91 Å². The molecule has 0 saturated heterocycles. The smallest absolute Gasteiger partial charge is 0.252 e. The average molecular weight is 348 g/mol. The highest BCUT2D eigenvalue weighted by atomic mass is 16.2. The Hall–Kier alpha value is -3.41. The second-order valence-corrected chi connectivity index (χ2v) is 5.97. The molecule has 3 rings (SSSR count). The van der Waals surface area contributed by atoms with Crippen LogP contribution in [0.15, 0.2) is 67.0 Å². The van der Waals surface area contributed by atoms with E-state index in [9.17, 15) is 9.59 Å². The molecule has 2 amide bonds. The summed E-state index contributed by atoms with van der Waals surface area (Å²) < 4.78 is 1.89. The molecule has 6 nitrogen and oxygen atoms in total. The van der Waals surface area contributed by atoms with E-state index in [1.165, 1.54) is 6.92 Å². The molecule has 132 valence electrons. The summed E-state index contributed by atoms with van der Waals surface area (Å²) in [4.78, 5) is 28.2. The molecule has 2 N–H and O–H groups in total. The maximum Gasteiger partial charge on any atom is 0.252 e. The van der Waals surface area contributed by atoms with Crippen LogP contribution < -0.4 is 10.6 Å². The minimum atomic E-state index is -0.362. The Morgan fingerprint density at radius 3 is 2.31 bits per heavy atom. The fraction of sp³-hybridized carbons (Fsp3) is 0.150. The van der Waals surface area contributed by atoms with Crippen LogP contribution in [0.2, 0.25) is 0 Å². The third kappa shape index (κ3) is 3.97. The topological polar surface area (TPSA) is 76.0 Å². The van der Waals surface area contributed by atoms with Crippen molar-refractivity contribution in [1.82, 2.24) is 14.9 Å². The highest BCUT2D eigenvalue weighted by molar-refractivity contribution is 5.95. The summed E-state index contributed by atoms with van der Waals surface area (Å²) in [6, 6.07) is 16.1. The van der Waals surface area contributed by atoms with Crippen LogP contribution in [0.1, 0.15) is 34.7 Å². The number of rotatable bonds is 5. The van der Waals surface area contributed by atoms with E-state index in [1.807, 2.05) is 48.1 Å². The second kappa shape index (κ2) is 7.65. The second-order valence-electron chi connectivity index (χ2n) is 5.97. The molecule has 0 bridgehead atoms. The standard InChI is InChI=1S/C20H20N4O2/c1-14(25)22-17-10-8-16(9-11-17)20(26)23-18(15-6-4-3-5-7-15)19-21-12-13-24(19)2/h3-13,18H,1-2H3,(H,22,25)(H,23,26)/t18-/m0/s1. The van der Waals surface area contributed by atoms with Gasteiger partial charge in [-0.3, -0.25) is 9.59 Å². The Bertz CT molecular complexity index is 901. The van der Waals surface area contributed by atoms with Crippen molar-refractivity contribution in [2.45, 2.75) is 13.0 Å². The molecule has 0 spiro atoms. The van der Waals surface area contributed by atoms with Gasteiger partial charge in [-0.2, -0.15) is 0 Å². The lowest BCUT2D eigenvalue weighted by atomic mass is 10.1. The number of carbonyl (C=O) groups excluding carboxylic acids is 2. The summed E-state index contributed by atoms with van der Waals surface area (Å²) in [6.45, 7) is 1.44. The number of nitrogens with one attached hydrogen (secondary N) is 2. The van der Waals surface area contributed by atoms with Crippen molar-refractivity contribution in [3.63, 3.8) is 0 Å². The third-order valence-corrected chi connectivity index (χ3v) is 3.99. The van der Waals surface area contributed by atoms with Gasteiger partial charge in [0.1, 0.15) is 11.9 Å². The number of anilines is 1. The fourth-order valence-electron chi connectivity index (χ4n) is 2.72. The monoisotopic (exact) mass is 348 g/mol. The molecule has 0 unspecified atom stereocenters. The number of nitrogens with zero attached hydrogens (tertiary/aromatic N) is 2. The van der Waals surface area contributed by atoms with E-state index in [0.29, 0.717) is 11.3 Å². The minimum Gasteiger partial charge on any atom is -0.338 e. The van der Waals surface area contributed by atoms with E-state index in [0.717, 1.165) is 11.4 Å². The lowest BCUT2D eigenvalue weighted by molar-refractivity contribution is -0.114. The Kier molecular flexibility index (Phi) is 5.12. The Labute approximate surface area is 151 Å². The third-order valence-electron chi connectivity index (χ3n) is 3.99. The molecule has 6 heteroatoms. The first-order valence-corrected chi connectivity index (χ1v) is 8.25. The number of hydrogen-bond acceptors (Lipinski definition) is 3. The SMILES string of the molecule is CC(=O)Nc1ccc(C(=O)N[C@@H](c2ccccc2)c2nccn2C)cc1. The molecule has 1 heterocycles. The van der Waals surface area contributed by atoms with Crippen molar-refractivity contribution in [3.05, 3.63) is 83.9 Å². The minimum absolute atomic E-state index is 0.152. The van der Waals surface area contributed by atoms with Gasteiger partial charge in [0.15, 0.2) is 0 Å². The van der Waals surface area contributed by atoms with Crippen molar-refractivity contribution in [2.75, 3.05) is 5.32 Å². The molecule has 0 radical (unpaired) electrons. The maximum absolute atomic E-state index is 12.7. The fourth-order valence-corrected chi connectivity index (χ4v) is 2.72. The first-order valence-electron chi connectivity index (χ1n) is 8.25. The van der Waals surface area contributed by atoms with Crippen LogP contribution in [0.25, 0.3) is 0 Å². The summed E-state index contributed by atoms with van der Waals surface area (Å²) in [7, 11) is 1.90. The summed E-state index contributed by atoms with van der Waals surface area (Å²) in [5, 5.41) is 5.73. The summed E-state index contributed by atoms with van der Waals surface area (Å²) in [5.41, 5.74) is 2.11. The van der Waals surface area contributed by atoms with Crippen LogP contribution >= 0.6 is 0 Å². The van der Waals surface area contributed by atoms with Gasteiger partial charge in [0.2, 0.25) is 5.91 Å². The number of carbonyl (C=O) groups is 2. The van der Waals surface area contributed by atoms with Gasteiger partial charge in [0.05, 0.1) is 0 Å². The van der Waals surface area contributed by atoms with Crippen LogP contribution in [0.5, 0.6) is 0 Å². The van der Waals surface area contributed by atoms with Gasteiger partial charge in [-0.25, -0.2) is 4.98 Å². The normalized spacial score (nSPS) is 11.6. The molecular weight excluding hydrogens is 328 g/mol. The van der Waals surface area contributed by atoms with Crippen molar-refractivity contribution < 1.29 is 9.59 Å². The molecule has 3 aromatic rings. The predicted molar refractivity (Wildman–Crippen MR) is 99.7 cm³/mol. The van der Waals surface area contributed by atoms with Crippen LogP contribution in [-0.2, 0) is 11.8 Å². The summed E-state index contributed by atoms with van der Waals surface area (Å²) >= 11 is 0. The number of aromatic nitrogens is 2. The summed E-state index contributed by atoms with van der Waals surface area (Å²) in [6.07, 6.45) is 3.55. The number of imidazole rings is 1. The van der Waals surface area contributed by atoms with E-state index in [4.69, 9.17) is 0 Å². The first kappa shape index (κ1) is 17.4. The van der Waals surface area contributed by atoms with Crippen molar-refractivity contribution in [2.24, 2.45) is 7.05 Å². The van der Waals surface area contributed by atoms with E-state index < -0.39 is 0 Å². The number of aryl methyl sites for hydroxylation is 1. The Morgan fingerprint density at radius 1 is 1.04 bits per heavy atom. The number of hydrogen-bond donors (Lipinski definition) is 2. The molecule has 1 aromatic heterocycles. The molecular formula is C20H20N4O2. The quantitative estimate of drug-likeness (QED) is 0.744. The zero-order chi connectivity index (χ0) is 18.5. The van der Waals surface area contributed by atoms with Crippen molar-refractivity contribution >= 4 is 17.5 Å². The molecule has 0 fully saturated rings. The van der Waals surface area contributed by atoms with E-state index in [-0.39, 0.29) is 17.9 Å². The van der Waals surface area contributed by atoms with Crippen molar-refractivity contribution in [3.8, 4) is 0 Å². The number of amides is 2. The molecule has 1 atom stereocenters. The van der Waals surface area contributed by atoms with Gasteiger partial charge in [-0.15, -0.1) is 0 Å². The molecule has 26 heavy (non-hydrogen) atoms. The molecule has 0 saturated carbocycles. The van der Waals surface area contributed by atoms with E-state index in [1.54, 1.807) is 30.5 Å². The lowest BCUT2D eigenvalue weighted by Gasteiger charge is -2.19. The summed E-state index contributed by atoms with van der Waals surface area (Å²) in [5.74, 6) is 0.386. The lowest BCUT2D eigenvalue weighted by Crippen LogP contribution is -2.31. The van der Waals surface area contributed by atoms with Gasteiger partial charge in [0, 0.05) is 37.6 Å². The van der Waals surface area contributed by atoms with Gasteiger partial charge >= 0.3 is 0 Å².